The molecule has 0 aliphatic carbocycles. The maximum Gasteiger partial charge on any atom is 0.208 e. The van der Waals surface area contributed by atoms with Gasteiger partial charge >= 0.3 is 0 Å². The summed E-state index contributed by atoms with van der Waals surface area (Å²) >= 11 is 0. The van der Waals surface area contributed by atoms with Crippen molar-refractivity contribution < 1.29 is 4.74 Å². The molecule has 0 bridgehead atoms. The molecule has 0 aromatic rings. The summed E-state index contributed by atoms with van der Waals surface area (Å²) in [4.78, 5) is 6.40. The van der Waals surface area contributed by atoms with Gasteiger partial charge in [0.1, 0.15) is 0 Å². The van der Waals surface area contributed by atoms with Gasteiger partial charge in [0.05, 0.1) is 12.2 Å². The number of hydrogen-bond donors (Lipinski definition) is 2. The van der Waals surface area contributed by atoms with E-state index in [2.05, 4.69) is 29.2 Å². The lowest BCUT2D eigenvalue weighted by atomic mass is 10.1. The zero-order valence-electron chi connectivity index (χ0n) is 9.21. The maximum atomic E-state index is 5.60. The van der Waals surface area contributed by atoms with Gasteiger partial charge in [-0.1, -0.05) is 0 Å². The minimum Gasteiger partial charge on any atom is -0.372 e. The summed E-state index contributed by atoms with van der Waals surface area (Å²) in [6.45, 7) is 9.23. The molecule has 82 valence electrons. The number of aliphatic imine (C=N–C) groups is 1. The van der Waals surface area contributed by atoms with Crippen molar-refractivity contribution in [2.24, 2.45) is 10.8 Å². The van der Waals surface area contributed by atoms with Gasteiger partial charge in [-0.25, -0.2) is 5.84 Å². The first-order chi connectivity index (χ1) is 6.59. The summed E-state index contributed by atoms with van der Waals surface area (Å²) in [6.07, 6.45) is 0. The predicted octanol–water partition coefficient (Wildman–Crippen LogP) is -0.0636. The molecule has 3 N–H and O–H groups in total. The van der Waals surface area contributed by atoms with E-state index in [0.29, 0.717) is 0 Å². The highest BCUT2D eigenvalue weighted by molar-refractivity contribution is 5.79. The van der Waals surface area contributed by atoms with Crippen LogP contribution in [-0.4, -0.2) is 42.7 Å². The van der Waals surface area contributed by atoms with E-state index in [9.17, 15) is 0 Å². The molecule has 1 heterocycles. The fourth-order valence-corrected chi connectivity index (χ4v) is 1.58. The Kier molecular flexibility index (Phi) is 3.71. The highest BCUT2D eigenvalue weighted by Crippen LogP contribution is 2.16. The summed E-state index contributed by atoms with van der Waals surface area (Å²) in [7, 11) is 0. The van der Waals surface area contributed by atoms with Crippen LogP contribution in [0.5, 0.6) is 0 Å². The van der Waals surface area contributed by atoms with E-state index in [1.54, 1.807) is 0 Å². The Hall–Kier alpha value is -0.810. The van der Waals surface area contributed by atoms with Gasteiger partial charge in [-0.05, 0) is 20.8 Å². The molecule has 1 aliphatic rings. The number of rotatable bonds is 1. The SMILES string of the molecule is CCN=C(NN)N1CCOC(C)(C)C1. The Bertz CT molecular complexity index is 215. The van der Waals surface area contributed by atoms with E-state index in [4.69, 9.17) is 10.6 Å². The van der Waals surface area contributed by atoms with E-state index >= 15 is 0 Å². The van der Waals surface area contributed by atoms with Crippen molar-refractivity contribution in [3.63, 3.8) is 0 Å². The summed E-state index contributed by atoms with van der Waals surface area (Å²) in [6, 6.07) is 0. The average molecular weight is 200 g/mol. The van der Waals surface area contributed by atoms with Crippen LogP contribution in [0.2, 0.25) is 0 Å². The molecule has 14 heavy (non-hydrogen) atoms. The van der Waals surface area contributed by atoms with Gasteiger partial charge in [-0.2, -0.15) is 0 Å². The molecule has 0 unspecified atom stereocenters. The third-order valence-corrected chi connectivity index (χ3v) is 2.16. The van der Waals surface area contributed by atoms with Crippen molar-refractivity contribution in [2.75, 3.05) is 26.2 Å². The van der Waals surface area contributed by atoms with Crippen LogP contribution < -0.4 is 11.3 Å². The number of guanidine groups is 1. The lowest BCUT2D eigenvalue weighted by Crippen LogP contribution is -2.55. The molecule has 5 nitrogen and oxygen atoms in total. The number of ether oxygens (including phenoxy) is 1. The molecule has 0 saturated carbocycles. The molecular weight excluding hydrogens is 180 g/mol. The first kappa shape index (κ1) is 11.3. The van der Waals surface area contributed by atoms with E-state index in [-0.39, 0.29) is 5.60 Å². The quantitative estimate of drug-likeness (QED) is 0.269. The van der Waals surface area contributed by atoms with Gasteiger partial charge in [0.15, 0.2) is 0 Å². The number of morpholine rings is 1. The molecule has 0 amide bonds. The summed E-state index contributed by atoms with van der Waals surface area (Å²) in [5, 5.41) is 0. The third-order valence-electron chi connectivity index (χ3n) is 2.16. The molecule has 0 radical (unpaired) electrons. The monoisotopic (exact) mass is 200 g/mol. The molecular formula is C9H20N4O. The minimum atomic E-state index is -0.121. The lowest BCUT2D eigenvalue weighted by Gasteiger charge is -2.39. The Morgan fingerprint density at radius 2 is 2.36 bits per heavy atom. The van der Waals surface area contributed by atoms with Gasteiger partial charge in [-0.3, -0.25) is 10.4 Å². The van der Waals surface area contributed by atoms with Crippen molar-refractivity contribution >= 4 is 5.96 Å². The third kappa shape index (κ3) is 2.85. The molecule has 0 aromatic carbocycles. The van der Waals surface area contributed by atoms with E-state index in [1.165, 1.54) is 0 Å². The second kappa shape index (κ2) is 4.61. The normalized spacial score (nSPS) is 22.3. The summed E-state index contributed by atoms with van der Waals surface area (Å²) < 4.78 is 5.60. The molecule has 0 aromatic heterocycles. The minimum absolute atomic E-state index is 0.121. The van der Waals surface area contributed by atoms with E-state index < -0.39 is 0 Å². The maximum absolute atomic E-state index is 5.60. The molecule has 1 fully saturated rings. The molecule has 1 aliphatic heterocycles. The van der Waals surface area contributed by atoms with Crippen LogP contribution in [0.3, 0.4) is 0 Å². The van der Waals surface area contributed by atoms with Crippen LogP contribution in [0.15, 0.2) is 4.99 Å². The largest absolute Gasteiger partial charge is 0.372 e. The Balaban J connectivity index is 2.63. The lowest BCUT2D eigenvalue weighted by molar-refractivity contribution is -0.0685. The Morgan fingerprint density at radius 3 is 2.86 bits per heavy atom. The smallest absolute Gasteiger partial charge is 0.208 e. The average Bonchev–Trinajstić information content (AvgIpc) is 2.12. The zero-order valence-corrected chi connectivity index (χ0v) is 9.21. The number of nitrogens with one attached hydrogen (secondary N) is 1. The van der Waals surface area contributed by atoms with Gasteiger partial charge in [0, 0.05) is 19.6 Å². The van der Waals surface area contributed by atoms with Crippen molar-refractivity contribution in [1.29, 1.82) is 0 Å². The molecule has 5 heteroatoms. The highest BCUT2D eigenvalue weighted by atomic mass is 16.5. The first-order valence-electron chi connectivity index (χ1n) is 4.99. The van der Waals surface area contributed by atoms with Crippen LogP contribution in [0, 0.1) is 0 Å². The van der Waals surface area contributed by atoms with E-state index in [1.807, 2.05) is 6.92 Å². The number of hydrazine groups is 1. The Morgan fingerprint density at radius 1 is 1.64 bits per heavy atom. The zero-order chi connectivity index (χ0) is 10.6. The van der Waals surface area contributed by atoms with Gasteiger partial charge in [-0.15, -0.1) is 0 Å². The van der Waals surface area contributed by atoms with Crippen molar-refractivity contribution in [3.8, 4) is 0 Å². The molecule has 0 spiro atoms. The fourth-order valence-electron chi connectivity index (χ4n) is 1.58. The predicted molar refractivity (Wildman–Crippen MR) is 56.9 cm³/mol. The second-order valence-corrected chi connectivity index (χ2v) is 3.97. The molecule has 1 saturated heterocycles. The van der Waals surface area contributed by atoms with Crippen molar-refractivity contribution in [1.82, 2.24) is 10.3 Å². The summed E-state index contributed by atoms with van der Waals surface area (Å²) in [5.41, 5.74) is 2.51. The van der Waals surface area contributed by atoms with Crippen LogP contribution in [-0.2, 0) is 4.74 Å². The number of nitrogens with two attached hydrogens (primary N) is 1. The topological polar surface area (TPSA) is 62.9 Å². The van der Waals surface area contributed by atoms with Gasteiger partial charge in [0.25, 0.3) is 0 Å². The number of nitrogens with zero attached hydrogens (tertiary/aromatic N) is 2. The van der Waals surface area contributed by atoms with Crippen LogP contribution in [0.25, 0.3) is 0 Å². The first-order valence-corrected chi connectivity index (χ1v) is 4.99. The highest BCUT2D eigenvalue weighted by Gasteiger charge is 2.28. The van der Waals surface area contributed by atoms with Crippen molar-refractivity contribution in [2.45, 2.75) is 26.4 Å². The molecule has 1 rings (SSSR count). The van der Waals surface area contributed by atoms with Crippen LogP contribution in [0.4, 0.5) is 0 Å². The van der Waals surface area contributed by atoms with Crippen LogP contribution in [0.1, 0.15) is 20.8 Å². The van der Waals surface area contributed by atoms with Crippen LogP contribution >= 0.6 is 0 Å². The molecule has 0 atom stereocenters. The fraction of sp³-hybridized carbons (Fsp3) is 0.889. The standard InChI is InChI=1S/C9H20N4O/c1-4-11-8(12-10)13-5-6-14-9(2,3)7-13/h4-7,10H2,1-3H3,(H,11,12). The number of hydrogen-bond acceptors (Lipinski definition) is 3. The van der Waals surface area contributed by atoms with E-state index in [0.717, 1.165) is 32.2 Å². The van der Waals surface area contributed by atoms with Crippen molar-refractivity contribution in [3.05, 3.63) is 0 Å². The van der Waals surface area contributed by atoms with Gasteiger partial charge in [0.2, 0.25) is 5.96 Å². The second-order valence-electron chi connectivity index (χ2n) is 3.97. The summed E-state index contributed by atoms with van der Waals surface area (Å²) in [5.74, 6) is 6.17. The Labute approximate surface area is 85.3 Å². The van der Waals surface area contributed by atoms with Gasteiger partial charge < -0.3 is 9.64 Å².